The number of carbonyl (C=O) groups is 1. The molecule has 2 N–H and O–H groups in total. The SMILES string of the molecule is O=C(CC1(O)CCCC1)NCc1ccc(Cl)cn1. The van der Waals surface area contributed by atoms with Crippen molar-refractivity contribution in [1.29, 1.82) is 0 Å². The Morgan fingerprint density at radius 3 is 2.78 bits per heavy atom. The molecular formula is C13H17ClN2O2. The highest BCUT2D eigenvalue weighted by Crippen LogP contribution is 2.32. The summed E-state index contributed by atoms with van der Waals surface area (Å²) < 4.78 is 0. The summed E-state index contributed by atoms with van der Waals surface area (Å²) >= 11 is 5.72. The Hall–Kier alpha value is -1.13. The molecule has 18 heavy (non-hydrogen) atoms. The fourth-order valence-corrected chi connectivity index (χ4v) is 2.38. The van der Waals surface area contributed by atoms with Gasteiger partial charge in [-0.25, -0.2) is 0 Å². The van der Waals surface area contributed by atoms with E-state index in [1.807, 2.05) is 0 Å². The molecule has 2 rings (SSSR count). The van der Waals surface area contributed by atoms with Crippen LogP contribution in [0.25, 0.3) is 0 Å². The molecule has 98 valence electrons. The van der Waals surface area contributed by atoms with Gasteiger partial charge in [0.2, 0.25) is 5.91 Å². The lowest BCUT2D eigenvalue weighted by Crippen LogP contribution is -2.34. The Morgan fingerprint density at radius 2 is 2.17 bits per heavy atom. The number of nitrogens with zero attached hydrogens (tertiary/aromatic N) is 1. The van der Waals surface area contributed by atoms with E-state index in [-0.39, 0.29) is 12.3 Å². The molecule has 0 bridgehead atoms. The lowest BCUT2D eigenvalue weighted by Gasteiger charge is -2.20. The first kappa shape index (κ1) is 13.3. The van der Waals surface area contributed by atoms with Crippen LogP contribution in [0.15, 0.2) is 18.3 Å². The largest absolute Gasteiger partial charge is 0.389 e. The number of aromatic nitrogens is 1. The summed E-state index contributed by atoms with van der Waals surface area (Å²) in [6, 6.07) is 3.51. The molecule has 1 amide bonds. The van der Waals surface area contributed by atoms with Crippen molar-refractivity contribution in [2.24, 2.45) is 0 Å². The van der Waals surface area contributed by atoms with Crippen LogP contribution in [-0.4, -0.2) is 21.6 Å². The van der Waals surface area contributed by atoms with Gasteiger partial charge < -0.3 is 10.4 Å². The highest BCUT2D eigenvalue weighted by Gasteiger charge is 2.33. The van der Waals surface area contributed by atoms with Gasteiger partial charge in [-0.1, -0.05) is 24.4 Å². The molecule has 1 aromatic rings. The van der Waals surface area contributed by atoms with E-state index in [9.17, 15) is 9.90 Å². The molecule has 1 aliphatic carbocycles. The number of rotatable bonds is 4. The van der Waals surface area contributed by atoms with E-state index in [1.165, 1.54) is 0 Å². The number of amides is 1. The van der Waals surface area contributed by atoms with E-state index in [0.29, 0.717) is 11.6 Å². The highest BCUT2D eigenvalue weighted by molar-refractivity contribution is 6.30. The maximum absolute atomic E-state index is 11.7. The Balaban J connectivity index is 1.79. The van der Waals surface area contributed by atoms with Gasteiger partial charge in [0.15, 0.2) is 0 Å². The average Bonchev–Trinajstić information content (AvgIpc) is 2.75. The molecule has 5 heteroatoms. The van der Waals surface area contributed by atoms with Gasteiger partial charge in [0.1, 0.15) is 0 Å². The summed E-state index contributed by atoms with van der Waals surface area (Å²) in [5.41, 5.74) is -0.0384. The molecule has 4 nitrogen and oxygen atoms in total. The Morgan fingerprint density at radius 1 is 1.44 bits per heavy atom. The third-order valence-electron chi connectivity index (χ3n) is 3.28. The van der Waals surface area contributed by atoms with Crippen LogP contribution in [0.3, 0.4) is 0 Å². The standard InChI is InChI=1S/C13H17ClN2O2/c14-10-3-4-11(15-8-10)9-16-12(17)7-13(18)5-1-2-6-13/h3-4,8,18H,1-2,5-7,9H2,(H,16,17). The van der Waals surface area contributed by atoms with Crippen molar-refractivity contribution in [3.8, 4) is 0 Å². The van der Waals surface area contributed by atoms with Gasteiger partial charge in [-0.3, -0.25) is 9.78 Å². The second-order valence-corrected chi connectivity index (χ2v) is 5.29. The zero-order valence-electron chi connectivity index (χ0n) is 10.2. The lowest BCUT2D eigenvalue weighted by atomic mass is 9.98. The average molecular weight is 269 g/mol. The molecule has 0 atom stereocenters. The molecule has 1 aliphatic rings. The Labute approximate surface area is 111 Å². The molecule has 1 aromatic heterocycles. The second kappa shape index (κ2) is 5.67. The van der Waals surface area contributed by atoms with Crippen molar-refractivity contribution in [2.45, 2.75) is 44.2 Å². The number of carbonyl (C=O) groups excluding carboxylic acids is 1. The highest BCUT2D eigenvalue weighted by atomic mass is 35.5. The van der Waals surface area contributed by atoms with E-state index >= 15 is 0 Å². The minimum absolute atomic E-state index is 0.129. The minimum Gasteiger partial charge on any atom is -0.389 e. The topological polar surface area (TPSA) is 62.2 Å². The summed E-state index contributed by atoms with van der Waals surface area (Å²) in [4.78, 5) is 15.8. The monoisotopic (exact) mass is 268 g/mol. The van der Waals surface area contributed by atoms with Gasteiger partial charge in [-0.05, 0) is 25.0 Å². The van der Waals surface area contributed by atoms with Crippen LogP contribution in [0.1, 0.15) is 37.8 Å². The van der Waals surface area contributed by atoms with Crippen LogP contribution in [-0.2, 0) is 11.3 Å². The second-order valence-electron chi connectivity index (χ2n) is 4.85. The van der Waals surface area contributed by atoms with Crippen molar-refractivity contribution in [3.63, 3.8) is 0 Å². The van der Waals surface area contributed by atoms with Crippen molar-refractivity contribution in [2.75, 3.05) is 0 Å². The maximum Gasteiger partial charge on any atom is 0.223 e. The zero-order chi connectivity index (χ0) is 13.0. The van der Waals surface area contributed by atoms with Gasteiger partial charge in [0.25, 0.3) is 0 Å². The van der Waals surface area contributed by atoms with E-state index < -0.39 is 5.60 Å². The zero-order valence-corrected chi connectivity index (χ0v) is 10.9. The summed E-state index contributed by atoms with van der Waals surface area (Å²) in [5.74, 6) is -0.129. The van der Waals surface area contributed by atoms with Crippen molar-refractivity contribution >= 4 is 17.5 Å². The van der Waals surface area contributed by atoms with Crippen LogP contribution < -0.4 is 5.32 Å². The van der Waals surface area contributed by atoms with Crippen LogP contribution in [0.5, 0.6) is 0 Å². The van der Waals surface area contributed by atoms with Gasteiger partial charge in [0, 0.05) is 6.20 Å². The van der Waals surface area contributed by atoms with Crippen LogP contribution in [0.4, 0.5) is 0 Å². The van der Waals surface area contributed by atoms with Crippen molar-refractivity contribution in [3.05, 3.63) is 29.0 Å². The molecular weight excluding hydrogens is 252 g/mol. The number of hydrogen-bond donors (Lipinski definition) is 2. The van der Waals surface area contributed by atoms with Gasteiger partial charge in [-0.2, -0.15) is 0 Å². The molecule has 0 aromatic carbocycles. The number of hydrogen-bond acceptors (Lipinski definition) is 3. The summed E-state index contributed by atoms with van der Waals surface area (Å²) in [7, 11) is 0. The predicted molar refractivity (Wildman–Crippen MR) is 69.1 cm³/mol. The Kier molecular flexibility index (Phi) is 4.19. The van der Waals surface area contributed by atoms with Gasteiger partial charge >= 0.3 is 0 Å². The van der Waals surface area contributed by atoms with E-state index in [0.717, 1.165) is 31.4 Å². The van der Waals surface area contributed by atoms with Crippen molar-refractivity contribution < 1.29 is 9.90 Å². The van der Waals surface area contributed by atoms with Crippen LogP contribution >= 0.6 is 11.6 Å². The fraction of sp³-hybridized carbons (Fsp3) is 0.538. The van der Waals surface area contributed by atoms with Crippen molar-refractivity contribution in [1.82, 2.24) is 10.3 Å². The third kappa shape index (κ3) is 3.68. The maximum atomic E-state index is 11.7. The minimum atomic E-state index is -0.794. The first-order chi connectivity index (χ1) is 8.57. The molecule has 1 heterocycles. The normalized spacial score (nSPS) is 17.7. The summed E-state index contributed by atoms with van der Waals surface area (Å²) in [6.45, 7) is 0.367. The third-order valence-corrected chi connectivity index (χ3v) is 3.50. The van der Waals surface area contributed by atoms with Gasteiger partial charge in [-0.15, -0.1) is 0 Å². The van der Waals surface area contributed by atoms with E-state index in [4.69, 9.17) is 11.6 Å². The molecule has 0 spiro atoms. The molecule has 0 unspecified atom stereocenters. The molecule has 0 aliphatic heterocycles. The van der Waals surface area contributed by atoms with Crippen LogP contribution in [0, 0.1) is 0 Å². The fourth-order valence-electron chi connectivity index (χ4n) is 2.27. The molecule has 1 fully saturated rings. The number of nitrogens with one attached hydrogen (secondary N) is 1. The first-order valence-electron chi connectivity index (χ1n) is 6.17. The predicted octanol–water partition coefficient (Wildman–Crippen LogP) is 2.05. The van der Waals surface area contributed by atoms with E-state index in [1.54, 1.807) is 18.3 Å². The summed E-state index contributed by atoms with van der Waals surface area (Å²) in [5, 5.41) is 13.4. The molecule has 0 saturated heterocycles. The Bertz CT molecular complexity index is 414. The molecule has 1 saturated carbocycles. The number of aliphatic hydroxyl groups is 1. The smallest absolute Gasteiger partial charge is 0.223 e. The van der Waals surface area contributed by atoms with Gasteiger partial charge in [0.05, 0.1) is 29.3 Å². The number of halogens is 1. The number of pyridine rings is 1. The summed E-state index contributed by atoms with van der Waals surface area (Å²) in [6.07, 6.45) is 5.18. The van der Waals surface area contributed by atoms with E-state index in [2.05, 4.69) is 10.3 Å². The van der Waals surface area contributed by atoms with Crippen LogP contribution in [0.2, 0.25) is 5.02 Å². The quantitative estimate of drug-likeness (QED) is 0.879. The molecule has 0 radical (unpaired) electrons. The first-order valence-corrected chi connectivity index (χ1v) is 6.55. The lowest BCUT2D eigenvalue weighted by molar-refractivity contribution is -0.126.